The highest BCUT2D eigenvalue weighted by Crippen LogP contribution is 2.37. The molecule has 5 heteroatoms. The minimum absolute atomic E-state index is 0.118. The van der Waals surface area contributed by atoms with Gasteiger partial charge in [-0.3, -0.25) is 4.90 Å². The van der Waals surface area contributed by atoms with Gasteiger partial charge in [0, 0.05) is 18.7 Å². The molecule has 0 bridgehead atoms. The summed E-state index contributed by atoms with van der Waals surface area (Å²) in [6, 6.07) is 10.4. The number of carbonyl (C=O) groups excluding carboxylic acids is 1. The maximum Gasteiger partial charge on any atom is 0.330 e. The van der Waals surface area contributed by atoms with Gasteiger partial charge >= 0.3 is 5.97 Å². The number of aryl methyl sites for hydroxylation is 1. The van der Waals surface area contributed by atoms with Gasteiger partial charge in [-0.15, -0.1) is 0 Å². The van der Waals surface area contributed by atoms with Crippen LogP contribution in [0.1, 0.15) is 34.9 Å². The molecule has 1 atom stereocenters. The second kappa shape index (κ2) is 8.14. The normalized spacial score (nSPS) is 16.5. The molecule has 1 N–H and O–H groups in total. The van der Waals surface area contributed by atoms with Gasteiger partial charge in [-0.2, -0.15) is 0 Å². The Morgan fingerprint density at radius 2 is 2.32 bits per heavy atom. The molecule has 1 aromatic heterocycles. The average Bonchev–Trinajstić information content (AvgIpc) is 3.28. The lowest BCUT2D eigenvalue weighted by Gasteiger charge is -2.28. The van der Waals surface area contributed by atoms with Gasteiger partial charge in [0.25, 0.3) is 0 Å². The van der Waals surface area contributed by atoms with Crippen molar-refractivity contribution in [3.8, 4) is 0 Å². The van der Waals surface area contributed by atoms with E-state index < -0.39 is 0 Å². The SMILES string of the molecule is COC(=O)/C=C/c1ccc2c(c1)CCC2N(CCO)Cc1ccco1. The summed E-state index contributed by atoms with van der Waals surface area (Å²) in [6.07, 6.45) is 6.88. The van der Waals surface area contributed by atoms with Crippen molar-refractivity contribution in [2.75, 3.05) is 20.3 Å². The van der Waals surface area contributed by atoms with E-state index >= 15 is 0 Å². The third-order valence-electron chi connectivity index (χ3n) is 4.59. The Morgan fingerprint density at radius 1 is 1.44 bits per heavy atom. The third kappa shape index (κ3) is 4.18. The lowest BCUT2D eigenvalue weighted by Crippen LogP contribution is -2.29. The smallest absolute Gasteiger partial charge is 0.330 e. The highest BCUT2D eigenvalue weighted by atomic mass is 16.5. The fourth-order valence-electron chi connectivity index (χ4n) is 3.41. The zero-order chi connectivity index (χ0) is 17.6. The van der Waals surface area contributed by atoms with Gasteiger partial charge in [0.05, 0.1) is 26.5 Å². The van der Waals surface area contributed by atoms with E-state index in [9.17, 15) is 9.90 Å². The number of furan rings is 1. The second-order valence-corrected chi connectivity index (χ2v) is 6.14. The van der Waals surface area contributed by atoms with E-state index in [1.807, 2.05) is 18.2 Å². The first kappa shape index (κ1) is 17.5. The summed E-state index contributed by atoms with van der Waals surface area (Å²) in [4.78, 5) is 13.5. The van der Waals surface area contributed by atoms with E-state index in [4.69, 9.17) is 4.42 Å². The van der Waals surface area contributed by atoms with E-state index in [0.29, 0.717) is 13.1 Å². The van der Waals surface area contributed by atoms with E-state index in [-0.39, 0.29) is 18.6 Å². The number of benzene rings is 1. The molecule has 1 aliphatic carbocycles. The van der Waals surface area contributed by atoms with E-state index in [2.05, 4.69) is 21.8 Å². The van der Waals surface area contributed by atoms with Gasteiger partial charge in [0.15, 0.2) is 0 Å². The number of aliphatic hydroxyl groups excluding tert-OH is 1. The third-order valence-corrected chi connectivity index (χ3v) is 4.59. The Kier molecular flexibility index (Phi) is 5.68. The Bertz CT molecular complexity index is 736. The summed E-state index contributed by atoms with van der Waals surface area (Å²) in [5.74, 6) is 0.547. The second-order valence-electron chi connectivity index (χ2n) is 6.14. The number of hydrogen-bond donors (Lipinski definition) is 1. The summed E-state index contributed by atoms with van der Waals surface area (Å²) in [5.41, 5.74) is 3.57. The van der Waals surface area contributed by atoms with Crippen molar-refractivity contribution in [3.63, 3.8) is 0 Å². The van der Waals surface area contributed by atoms with Crippen LogP contribution in [-0.4, -0.2) is 36.2 Å². The number of hydrogen-bond acceptors (Lipinski definition) is 5. The fourth-order valence-corrected chi connectivity index (χ4v) is 3.41. The molecule has 1 aliphatic rings. The van der Waals surface area contributed by atoms with Crippen molar-refractivity contribution in [3.05, 3.63) is 65.1 Å². The van der Waals surface area contributed by atoms with Crippen molar-refractivity contribution >= 4 is 12.0 Å². The van der Waals surface area contributed by atoms with Gasteiger partial charge < -0.3 is 14.3 Å². The van der Waals surface area contributed by atoms with E-state index in [0.717, 1.165) is 24.2 Å². The maximum absolute atomic E-state index is 11.2. The molecular weight excluding hydrogens is 318 g/mol. The molecule has 0 radical (unpaired) electrons. The van der Waals surface area contributed by atoms with Crippen LogP contribution in [0.2, 0.25) is 0 Å². The fraction of sp³-hybridized carbons (Fsp3) is 0.350. The summed E-state index contributed by atoms with van der Waals surface area (Å²) >= 11 is 0. The van der Waals surface area contributed by atoms with Crippen LogP contribution in [0.15, 0.2) is 47.1 Å². The van der Waals surface area contributed by atoms with Gasteiger partial charge in [-0.05, 0) is 47.7 Å². The number of esters is 1. The van der Waals surface area contributed by atoms with Crippen LogP contribution in [0.4, 0.5) is 0 Å². The number of aliphatic hydroxyl groups is 1. The molecule has 2 aromatic rings. The van der Waals surface area contributed by atoms with Crippen LogP contribution in [0.25, 0.3) is 6.08 Å². The molecule has 0 saturated carbocycles. The van der Waals surface area contributed by atoms with Crippen LogP contribution < -0.4 is 0 Å². The number of rotatable bonds is 7. The molecule has 0 spiro atoms. The van der Waals surface area contributed by atoms with Crippen molar-refractivity contribution in [1.29, 1.82) is 0 Å². The number of fused-ring (bicyclic) bond motifs is 1. The maximum atomic E-state index is 11.2. The number of carbonyl (C=O) groups is 1. The summed E-state index contributed by atoms with van der Waals surface area (Å²) < 4.78 is 10.1. The zero-order valence-electron chi connectivity index (χ0n) is 14.4. The predicted octanol–water partition coefficient (Wildman–Crippen LogP) is 2.95. The largest absolute Gasteiger partial charge is 0.468 e. The van der Waals surface area contributed by atoms with Crippen LogP contribution in [-0.2, 0) is 22.5 Å². The molecule has 132 valence electrons. The summed E-state index contributed by atoms with van der Waals surface area (Å²) in [5, 5.41) is 9.44. The zero-order valence-corrected chi connectivity index (χ0v) is 14.4. The summed E-state index contributed by atoms with van der Waals surface area (Å²) in [7, 11) is 1.37. The molecule has 25 heavy (non-hydrogen) atoms. The number of nitrogens with zero attached hydrogens (tertiary/aromatic N) is 1. The topological polar surface area (TPSA) is 62.9 Å². The Morgan fingerprint density at radius 3 is 3.04 bits per heavy atom. The van der Waals surface area contributed by atoms with Crippen LogP contribution >= 0.6 is 0 Å². The molecule has 0 amide bonds. The minimum atomic E-state index is -0.356. The molecule has 0 fully saturated rings. The Hall–Kier alpha value is -2.37. The average molecular weight is 341 g/mol. The van der Waals surface area contributed by atoms with Crippen LogP contribution in [0.5, 0.6) is 0 Å². The molecule has 5 nitrogen and oxygen atoms in total. The van der Waals surface area contributed by atoms with Crippen LogP contribution in [0.3, 0.4) is 0 Å². The summed E-state index contributed by atoms with van der Waals surface area (Å²) in [6.45, 7) is 1.41. The number of methoxy groups -OCH3 is 1. The monoisotopic (exact) mass is 341 g/mol. The van der Waals surface area contributed by atoms with Crippen molar-refractivity contribution in [2.24, 2.45) is 0 Å². The first-order chi connectivity index (χ1) is 12.2. The molecule has 0 saturated heterocycles. The van der Waals surface area contributed by atoms with Crippen molar-refractivity contribution < 1.29 is 19.1 Å². The van der Waals surface area contributed by atoms with Gasteiger partial charge in [-0.25, -0.2) is 4.79 Å². The standard InChI is InChI=1S/C20H23NO4/c1-24-20(23)9-5-15-4-7-18-16(13-15)6-8-19(18)21(10-11-22)14-17-3-2-12-25-17/h2-5,7,9,12-13,19,22H,6,8,10-11,14H2,1H3/b9-5+. The highest BCUT2D eigenvalue weighted by molar-refractivity contribution is 5.86. The van der Waals surface area contributed by atoms with Gasteiger partial charge in [-0.1, -0.05) is 18.2 Å². The minimum Gasteiger partial charge on any atom is -0.468 e. The van der Waals surface area contributed by atoms with Crippen LogP contribution in [0, 0.1) is 0 Å². The van der Waals surface area contributed by atoms with E-state index in [1.165, 1.54) is 24.3 Å². The van der Waals surface area contributed by atoms with Gasteiger partial charge in [0.1, 0.15) is 5.76 Å². The number of ether oxygens (including phenoxy) is 1. The Balaban J connectivity index is 1.77. The molecule has 1 heterocycles. The lowest BCUT2D eigenvalue weighted by molar-refractivity contribution is -0.134. The first-order valence-corrected chi connectivity index (χ1v) is 8.47. The molecule has 0 aliphatic heterocycles. The quantitative estimate of drug-likeness (QED) is 0.620. The van der Waals surface area contributed by atoms with Gasteiger partial charge in [0.2, 0.25) is 0 Å². The predicted molar refractivity (Wildman–Crippen MR) is 94.8 cm³/mol. The molecule has 1 aromatic carbocycles. The highest BCUT2D eigenvalue weighted by Gasteiger charge is 2.28. The van der Waals surface area contributed by atoms with Crippen molar-refractivity contribution in [2.45, 2.75) is 25.4 Å². The molecular formula is C20H23NO4. The first-order valence-electron chi connectivity index (χ1n) is 8.47. The Labute approximate surface area is 147 Å². The molecule has 1 unspecified atom stereocenters. The lowest BCUT2D eigenvalue weighted by atomic mass is 10.0. The van der Waals surface area contributed by atoms with Crippen molar-refractivity contribution in [1.82, 2.24) is 4.90 Å². The van der Waals surface area contributed by atoms with E-state index in [1.54, 1.807) is 12.3 Å². The molecule has 3 rings (SSSR count).